The van der Waals surface area contributed by atoms with Crippen LogP contribution in [0.25, 0.3) is 11.3 Å². The number of nitrogens with zero attached hydrogens (tertiary/aromatic N) is 3. The summed E-state index contributed by atoms with van der Waals surface area (Å²) in [6, 6.07) is 15.3. The molecule has 2 atom stereocenters. The van der Waals surface area contributed by atoms with Crippen molar-refractivity contribution < 1.29 is 9.50 Å². The number of phenolic OH excluding ortho intramolecular Hbond substituents is 1. The van der Waals surface area contributed by atoms with Crippen LogP contribution in [0.2, 0.25) is 0 Å². The number of hydrogen-bond donors (Lipinski definition) is 2. The Morgan fingerprint density at radius 3 is 2.66 bits per heavy atom. The number of halogens is 1. The fourth-order valence-corrected chi connectivity index (χ4v) is 4.20. The molecule has 3 aromatic rings. The van der Waals surface area contributed by atoms with E-state index in [0.717, 1.165) is 49.4 Å². The lowest BCUT2D eigenvalue weighted by Gasteiger charge is -2.37. The molecule has 0 bridgehead atoms. The van der Waals surface area contributed by atoms with Crippen LogP contribution in [0.15, 0.2) is 54.7 Å². The van der Waals surface area contributed by atoms with Crippen molar-refractivity contribution in [1.82, 2.24) is 20.2 Å². The zero-order chi connectivity index (χ0) is 22.5. The fraction of sp³-hybridized carbons (Fsp3) is 0.385. The molecule has 168 valence electrons. The lowest BCUT2D eigenvalue weighted by atomic mass is 10.0. The molecule has 0 radical (unpaired) electrons. The fourth-order valence-electron chi connectivity index (χ4n) is 4.20. The Balaban J connectivity index is 1.44. The normalized spacial score (nSPS) is 19.2. The summed E-state index contributed by atoms with van der Waals surface area (Å²) in [7, 11) is 0. The first-order chi connectivity index (χ1) is 15.5. The second-order valence-corrected chi connectivity index (χ2v) is 8.78. The molecule has 2 heterocycles. The number of hydrogen-bond acceptors (Lipinski definition) is 5. The molecule has 1 fully saturated rings. The second-order valence-electron chi connectivity index (χ2n) is 8.78. The van der Waals surface area contributed by atoms with E-state index in [-0.39, 0.29) is 11.6 Å². The molecular weight excluding hydrogens is 403 g/mol. The standard InChI is InChI=1S/C26H31FN4O/c1-18-16-31(19(2)15-29-18)17-21-8-11-24(27)23(14-21)25-12-13-28-26(30-25)5-3-4-20-6-9-22(32)10-7-20/h6-14,18-19,29,32H,3-5,15-17H2,1-2H3/t18-,19-/m0/s1. The highest BCUT2D eigenvalue weighted by molar-refractivity contribution is 5.60. The lowest BCUT2D eigenvalue weighted by molar-refractivity contribution is 0.139. The van der Waals surface area contributed by atoms with Gasteiger partial charge in [0.25, 0.3) is 0 Å². The van der Waals surface area contributed by atoms with E-state index in [2.05, 4.69) is 34.0 Å². The van der Waals surface area contributed by atoms with E-state index in [9.17, 15) is 9.50 Å². The van der Waals surface area contributed by atoms with E-state index in [1.54, 1.807) is 30.5 Å². The number of aromatic nitrogens is 2. The van der Waals surface area contributed by atoms with Crippen LogP contribution >= 0.6 is 0 Å². The van der Waals surface area contributed by atoms with Crippen LogP contribution < -0.4 is 5.32 Å². The number of phenols is 1. The van der Waals surface area contributed by atoms with Crippen molar-refractivity contribution >= 4 is 0 Å². The molecule has 0 unspecified atom stereocenters. The molecule has 1 aliphatic rings. The average Bonchev–Trinajstić information content (AvgIpc) is 2.79. The maximum Gasteiger partial charge on any atom is 0.132 e. The highest BCUT2D eigenvalue weighted by atomic mass is 19.1. The SMILES string of the molecule is C[C@H]1CN(Cc2ccc(F)c(-c3ccnc(CCCc4ccc(O)cc4)n3)c2)[C@@H](C)CN1. The summed E-state index contributed by atoms with van der Waals surface area (Å²) in [5.74, 6) is 0.731. The third kappa shape index (κ3) is 5.69. The van der Waals surface area contributed by atoms with Gasteiger partial charge in [0.15, 0.2) is 0 Å². The first kappa shape index (κ1) is 22.4. The molecule has 32 heavy (non-hydrogen) atoms. The van der Waals surface area contributed by atoms with E-state index in [1.165, 1.54) is 0 Å². The predicted molar refractivity (Wildman–Crippen MR) is 125 cm³/mol. The Kier molecular flexibility index (Phi) is 7.12. The quantitative estimate of drug-likeness (QED) is 0.579. The van der Waals surface area contributed by atoms with Crippen molar-refractivity contribution in [2.75, 3.05) is 13.1 Å². The van der Waals surface area contributed by atoms with Gasteiger partial charge in [-0.05, 0) is 68.1 Å². The zero-order valence-electron chi connectivity index (χ0n) is 18.8. The Hall–Kier alpha value is -2.83. The first-order valence-corrected chi connectivity index (χ1v) is 11.3. The molecular formula is C26H31FN4O. The Morgan fingerprint density at radius 2 is 1.84 bits per heavy atom. The Bertz CT molecular complexity index is 1040. The van der Waals surface area contributed by atoms with Crippen LogP contribution in [-0.2, 0) is 19.4 Å². The molecule has 2 aromatic carbocycles. The van der Waals surface area contributed by atoms with E-state index < -0.39 is 0 Å². The highest BCUT2D eigenvalue weighted by Gasteiger charge is 2.22. The van der Waals surface area contributed by atoms with E-state index in [1.807, 2.05) is 24.3 Å². The zero-order valence-corrected chi connectivity index (χ0v) is 18.8. The van der Waals surface area contributed by atoms with E-state index >= 15 is 0 Å². The third-order valence-corrected chi connectivity index (χ3v) is 6.09. The lowest BCUT2D eigenvalue weighted by Crippen LogP contribution is -2.53. The maximum atomic E-state index is 14.7. The largest absolute Gasteiger partial charge is 0.508 e. The predicted octanol–water partition coefficient (Wildman–Crippen LogP) is 4.35. The second kappa shape index (κ2) is 10.2. The molecule has 6 heteroatoms. The van der Waals surface area contributed by atoms with Crippen LogP contribution in [0.4, 0.5) is 4.39 Å². The molecule has 0 aliphatic carbocycles. The van der Waals surface area contributed by atoms with Gasteiger partial charge in [0.05, 0.1) is 5.69 Å². The Labute approximate surface area is 189 Å². The summed E-state index contributed by atoms with van der Waals surface area (Å²) >= 11 is 0. The highest BCUT2D eigenvalue weighted by Crippen LogP contribution is 2.24. The van der Waals surface area contributed by atoms with Crippen molar-refractivity contribution in [2.45, 2.75) is 51.7 Å². The molecule has 4 rings (SSSR count). The van der Waals surface area contributed by atoms with Crippen molar-refractivity contribution in [3.05, 3.63) is 77.5 Å². The van der Waals surface area contributed by atoms with Crippen molar-refractivity contribution in [3.8, 4) is 17.0 Å². The minimum Gasteiger partial charge on any atom is -0.508 e. The number of nitrogens with one attached hydrogen (secondary N) is 1. The molecule has 0 spiro atoms. The van der Waals surface area contributed by atoms with Crippen molar-refractivity contribution in [2.24, 2.45) is 0 Å². The number of aromatic hydroxyl groups is 1. The summed E-state index contributed by atoms with van der Waals surface area (Å²) in [6.07, 6.45) is 4.19. The number of aryl methyl sites for hydroxylation is 2. The first-order valence-electron chi connectivity index (χ1n) is 11.3. The van der Waals surface area contributed by atoms with E-state index in [0.29, 0.717) is 29.8 Å². The van der Waals surface area contributed by atoms with Crippen LogP contribution in [0.5, 0.6) is 5.75 Å². The molecule has 2 N–H and O–H groups in total. The molecule has 1 saturated heterocycles. The van der Waals surface area contributed by atoms with Gasteiger partial charge in [-0.3, -0.25) is 4.90 Å². The molecule has 1 aliphatic heterocycles. The summed E-state index contributed by atoms with van der Waals surface area (Å²) in [4.78, 5) is 11.5. The number of benzene rings is 2. The Morgan fingerprint density at radius 1 is 1.06 bits per heavy atom. The summed E-state index contributed by atoms with van der Waals surface area (Å²) in [5.41, 5.74) is 3.41. The van der Waals surface area contributed by atoms with Gasteiger partial charge in [-0.15, -0.1) is 0 Å². The molecule has 1 aromatic heterocycles. The average molecular weight is 435 g/mol. The van der Waals surface area contributed by atoms with Crippen LogP contribution in [0, 0.1) is 5.82 Å². The van der Waals surface area contributed by atoms with Crippen LogP contribution in [-0.4, -0.2) is 45.1 Å². The summed E-state index contributed by atoms with van der Waals surface area (Å²) in [5, 5.41) is 12.9. The smallest absolute Gasteiger partial charge is 0.132 e. The van der Waals surface area contributed by atoms with Gasteiger partial charge in [-0.25, -0.2) is 14.4 Å². The monoisotopic (exact) mass is 434 g/mol. The maximum absolute atomic E-state index is 14.7. The van der Waals surface area contributed by atoms with Crippen LogP contribution in [0.3, 0.4) is 0 Å². The van der Waals surface area contributed by atoms with E-state index in [4.69, 9.17) is 0 Å². The van der Waals surface area contributed by atoms with Gasteiger partial charge in [0.2, 0.25) is 0 Å². The molecule has 5 nitrogen and oxygen atoms in total. The minimum absolute atomic E-state index is 0.260. The summed E-state index contributed by atoms with van der Waals surface area (Å²) < 4.78 is 14.7. The van der Waals surface area contributed by atoms with Gasteiger partial charge < -0.3 is 10.4 Å². The van der Waals surface area contributed by atoms with Crippen LogP contribution in [0.1, 0.15) is 37.2 Å². The van der Waals surface area contributed by atoms with Gasteiger partial charge in [-0.1, -0.05) is 18.2 Å². The third-order valence-electron chi connectivity index (χ3n) is 6.09. The summed E-state index contributed by atoms with van der Waals surface area (Å²) in [6.45, 7) is 7.16. The van der Waals surface area contributed by atoms with Gasteiger partial charge in [0, 0.05) is 49.9 Å². The molecule has 0 saturated carbocycles. The van der Waals surface area contributed by atoms with Crippen molar-refractivity contribution in [3.63, 3.8) is 0 Å². The van der Waals surface area contributed by atoms with Gasteiger partial charge >= 0.3 is 0 Å². The molecule has 0 amide bonds. The number of piperazine rings is 1. The van der Waals surface area contributed by atoms with Gasteiger partial charge in [0.1, 0.15) is 17.4 Å². The minimum atomic E-state index is -0.260. The van der Waals surface area contributed by atoms with Crippen molar-refractivity contribution in [1.29, 1.82) is 0 Å². The number of rotatable bonds is 7. The van der Waals surface area contributed by atoms with Gasteiger partial charge in [-0.2, -0.15) is 0 Å². The topological polar surface area (TPSA) is 61.3 Å².